The van der Waals surface area contributed by atoms with E-state index >= 15 is 0 Å². The second kappa shape index (κ2) is 7.09. The third-order valence-corrected chi connectivity index (χ3v) is 4.01. The van der Waals surface area contributed by atoms with Crippen molar-refractivity contribution in [2.24, 2.45) is 5.10 Å². The van der Waals surface area contributed by atoms with Gasteiger partial charge in [-0.2, -0.15) is 5.10 Å². The van der Waals surface area contributed by atoms with Gasteiger partial charge in [-0.05, 0) is 30.2 Å². The molecule has 0 saturated heterocycles. The van der Waals surface area contributed by atoms with Crippen molar-refractivity contribution in [2.45, 2.75) is 20.3 Å². The third kappa shape index (κ3) is 3.69. The summed E-state index contributed by atoms with van der Waals surface area (Å²) in [5, 5.41) is 6.57. The molecule has 3 nitrogen and oxygen atoms in total. The lowest BCUT2D eigenvalue weighted by Gasteiger charge is -2.07. The van der Waals surface area contributed by atoms with E-state index in [1.54, 1.807) is 0 Å². The molecule has 0 bridgehead atoms. The number of carbonyl (C=O) groups excluding carboxylic acids is 1. The third-order valence-electron chi connectivity index (χ3n) is 4.01. The number of carbonyl (C=O) groups is 1. The van der Waals surface area contributed by atoms with E-state index in [1.165, 1.54) is 5.56 Å². The average molecular weight is 316 g/mol. The largest absolute Gasteiger partial charge is 0.273 e. The van der Waals surface area contributed by atoms with Gasteiger partial charge < -0.3 is 0 Å². The normalized spacial score (nSPS) is 11.5. The lowest BCUT2D eigenvalue weighted by molar-refractivity contribution is -0.120. The molecule has 3 aromatic rings. The molecule has 0 heterocycles. The molecule has 0 atom stereocenters. The van der Waals surface area contributed by atoms with E-state index in [0.29, 0.717) is 6.42 Å². The number of aryl methyl sites for hydroxylation is 1. The highest BCUT2D eigenvalue weighted by atomic mass is 16.2. The van der Waals surface area contributed by atoms with Crippen LogP contribution in [0.5, 0.6) is 0 Å². The molecule has 0 aromatic heterocycles. The van der Waals surface area contributed by atoms with Crippen molar-refractivity contribution in [3.8, 4) is 0 Å². The number of rotatable bonds is 4. The van der Waals surface area contributed by atoms with Gasteiger partial charge in [-0.1, -0.05) is 72.3 Å². The van der Waals surface area contributed by atoms with Gasteiger partial charge in [0, 0.05) is 5.56 Å². The molecule has 0 spiro atoms. The van der Waals surface area contributed by atoms with Crippen LogP contribution in [0.1, 0.15) is 23.6 Å². The first-order chi connectivity index (χ1) is 11.6. The number of fused-ring (bicyclic) bond motifs is 1. The summed E-state index contributed by atoms with van der Waals surface area (Å²) in [6, 6.07) is 22.2. The van der Waals surface area contributed by atoms with Gasteiger partial charge in [-0.25, -0.2) is 5.43 Å². The fourth-order valence-corrected chi connectivity index (χ4v) is 2.68. The molecular weight excluding hydrogens is 296 g/mol. The Labute approximate surface area is 142 Å². The molecule has 3 aromatic carbocycles. The standard InChI is InChI=1S/C21H20N2O/c1-15-10-12-17(13-11-15)14-21(24)23-22-16(2)19-9-5-7-18-6-3-4-8-20(18)19/h3-13H,14H2,1-2H3,(H,23,24)/b22-16-. The van der Waals surface area contributed by atoms with Gasteiger partial charge >= 0.3 is 0 Å². The molecule has 0 radical (unpaired) electrons. The summed E-state index contributed by atoms with van der Waals surface area (Å²) in [6.07, 6.45) is 0.326. The van der Waals surface area contributed by atoms with Gasteiger partial charge in [0.2, 0.25) is 5.91 Å². The highest BCUT2D eigenvalue weighted by molar-refractivity contribution is 6.09. The van der Waals surface area contributed by atoms with Gasteiger partial charge in [-0.3, -0.25) is 4.79 Å². The molecule has 0 unspecified atom stereocenters. The molecule has 3 rings (SSSR count). The Morgan fingerprint density at radius 3 is 2.46 bits per heavy atom. The van der Waals surface area contributed by atoms with Crippen molar-refractivity contribution < 1.29 is 4.79 Å². The predicted octanol–water partition coefficient (Wildman–Crippen LogP) is 4.23. The van der Waals surface area contributed by atoms with E-state index in [0.717, 1.165) is 27.6 Å². The Kier molecular flexibility index (Phi) is 4.71. The minimum Gasteiger partial charge on any atom is -0.273 e. The van der Waals surface area contributed by atoms with Crippen LogP contribution in [0, 0.1) is 6.92 Å². The van der Waals surface area contributed by atoms with Crippen LogP contribution in [-0.2, 0) is 11.2 Å². The van der Waals surface area contributed by atoms with Crippen LogP contribution in [0.15, 0.2) is 71.8 Å². The summed E-state index contributed by atoms with van der Waals surface area (Å²) in [5.41, 5.74) is 6.65. The predicted molar refractivity (Wildman–Crippen MR) is 99.2 cm³/mol. The summed E-state index contributed by atoms with van der Waals surface area (Å²) >= 11 is 0. The summed E-state index contributed by atoms with van der Waals surface area (Å²) < 4.78 is 0. The van der Waals surface area contributed by atoms with E-state index in [1.807, 2.05) is 62.4 Å². The van der Waals surface area contributed by atoms with Crippen molar-refractivity contribution in [3.05, 3.63) is 83.4 Å². The molecular formula is C21H20N2O. The number of hydrogen-bond acceptors (Lipinski definition) is 2. The Balaban J connectivity index is 1.73. The van der Waals surface area contributed by atoms with E-state index in [9.17, 15) is 4.79 Å². The molecule has 1 N–H and O–H groups in total. The maximum atomic E-state index is 12.1. The molecule has 0 saturated carbocycles. The smallest absolute Gasteiger partial charge is 0.244 e. The lowest BCUT2D eigenvalue weighted by Crippen LogP contribution is -2.21. The Morgan fingerprint density at radius 2 is 1.67 bits per heavy atom. The molecule has 3 heteroatoms. The Bertz CT molecular complexity index is 890. The summed E-state index contributed by atoms with van der Waals surface area (Å²) in [6.45, 7) is 3.94. The number of hydrogen-bond donors (Lipinski definition) is 1. The highest BCUT2D eigenvalue weighted by Gasteiger charge is 2.05. The zero-order valence-corrected chi connectivity index (χ0v) is 13.9. The quantitative estimate of drug-likeness (QED) is 0.568. The van der Waals surface area contributed by atoms with Gasteiger partial charge in [0.25, 0.3) is 0 Å². The van der Waals surface area contributed by atoms with Crippen LogP contribution < -0.4 is 5.43 Å². The molecule has 0 fully saturated rings. The van der Waals surface area contributed by atoms with Crippen LogP contribution in [-0.4, -0.2) is 11.6 Å². The Hall–Kier alpha value is -2.94. The molecule has 1 amide bonds. The van der Waals surface area contributed by atoms with Gasteiger partial charge in [-0.15, -0.1) is 0 Å². The summed E-state index contributed by atoms with van der Waals surface area (Å²) in [7, 11) is 0. The van der Waals surface area contributed by atoms with E-state index in [-0.39, 0.29) is 5.91 Å². The van der Waals surface area contributed by atoms with Crippen LogP contribution in [0.2, 0.25) is 0 Å². The average Bonchev–Trinajstić information content (AvgIpc) is 2.61. The molecule has 0 aliphatic carbocycles. The second-order valence-electron chi connectivity index (χ2n) is 5.92. The number of benzene rings is 3. The minimum absolute atomic E-state index is 0.113. The fraction of sp³-hybridized carbons (Fsp3) is 0.143. The van der Waals surface area contributed by atoms with Crippen molar-refractivity contribution in [3.63, 3.8) is 0 Å². The van der Waals surface area contributed by atoms with Gasteiger partial charge in [0.05, 0.1) is 12.1 Å². The highest BCUT2D eigenvalue weighted by Crippen LogP contribution is 2.19. The van der Waals surface area contributed by atoms with Crippen molar-refractivity contribution in [1.29, 1.82) is 0 Å². The summed E-state index contributed by atoms with van der Waals surface area (Å²) in [4.78, 5) is 12.1. The molecule has 24 heavy (non-hydrogen) atoms. The number of amides is 1. The topological polar surface area (TPSA) is 41.5 Å². The first-order valence-electron chi connectivity index (χ1n) is 8.00. The zero-order valence-electron chi connectivity index (χ0n) is 13.9. The Morgan fingerprint density at radius 1 is 0.958 bits per heavy atom. The molecule has 0 aliphatic heterocycles. The number of nitrogens with zero attached hydrogens (tertiary/aromatic N) is 1. The van der Waals surface area contributed by atoms with Crippen molar-refractivity contribution in [2.75, 3.05) is 0 Å². The van der Waals surface area contributed by atoms with E-state index < -0.39 is 0 Å². The van der Waals surface area contributed by atoms with E-state index in [4.69, 9.17) is 0 Å². The number of hydrazone groups is 1. The van der Waals surface area contributed by atoms with Crippen LogP contribution >= 0.6 is 0 Å². The maximum Gasteiger partial charge on any atom is 0.244 e. The van der Waals surface area contributed by atoms with Crippen LogP contribution in [0.25, 0.3) is 10.8 Å². The summed E-state index contributed by atoms with van der Waals surface area (Å²) in [5.74, 6) is -0.113. The fourth-order valence-electron chi connectivity index (χ4n) is 2.68. The van der Waals surface area contributed by atoms with E-state index in [2.05, 4.69) is 28.7 Å². The van der Waals surface area contributed by atoms with Gasteiger partial charge in [0.1, 0.15) is 0 Å². The van der Waals surface area contributed by atoms with Crippen molar-refractivity contribution >= 4 is 22.4 Å². The van der Waals surface area contributed by atoms with Crippen molar-refractivity contribution in [1.82, 2.24) is 5.43 Å². The number of nitrogens with one attached hydrogen (secondary N) is 1. The first-order valence-corrected chi connectivity index (χ1v) is 8.00. The van der Waals surface area contributed by atoms with Crippen LogP contribution in [0.3, 0.4) is 0 Å². The maximum absolute atomic E-state index is 12.1. The second-order valence-corrected chi connectivity index (χ2v) is 5.92. The zero-order chi connectivity index (χ0) is 16.9. The van der Waals surface area contributed by atoms with Crippen LogP contribution in [0.4, 0.5) is 0 Å². The van der Waals surface area contributed by atoms with Gasteiger partial charge in [0.15, 0.2) is 0 Å². The molecule has 120 valence electrons. The lowest BCUT2D eigenvalue weighted by atomic mass is 10.0. The molecule has 0 aliphatic rings. The SMILES string of the molecule is C/C(=N/NC(=O)Cc1ccc(C)cc1)c1cccc2ccccc12. The monoisotopic (exact) mass is 316 g/mol. The first kappa shape index (κ1) is 15.9. The minimum atomic E-state index is -0.113.